The number of Topliss-reactive ketones (excluding diaryl/α,β-unsaturated/α-hetero) is 1. The lowest BCUT2D eigenvalue weighted by Crippen LogP contribution is -2.36. The van der Waals surface area contributed by atoms with Gasteiger partial charge >= 0.3 is 0 Å². The molecule has 1 unspecified atom stereocenters. The standard InChI is InChI=1S/C8H15NO/c1-5(2)7(9)8(10)6-3-4-6/h5-7H,3-4,9H2,1-2H3. The predicted molar refractivity (Wildman–Crippen MR) is 40.5 cm³/mol. The van der Waals surface area contributed by atoms with Crippen LogP contribution in [0.1, 0.15) is 26.7 Å². The smallest absolute Gasteiger partial charge is 0.152 e. The van der Waals surface area contributed by atoms with Gasteiger partial charge < -0.3 is 5.73 Å². The molecule has 0 aromatic heterocycles. The predicted octanol–water partition coefficient (Wildman–Crippen LogP) is 0.949. The maximum absolute atomic E-state index is 11.2. The number of ketones is 1. The fourth-order valence-electron chi connectivity index (χ4n) is 0.969. The highest BCUT2D eigenvalue weighted by Crippen LogP contribution is 2.31. The lowest BCUT2D eigenvalue weighted by molar-refractivity contribution is -0.122. The summed E-state index contributed by atoms with van der Waals surface area (Å²) in [5.74, 6) is 0.889. The van der Waals surface area contributed by atoms with Crippen molar-refractivity contribution in [2.75, 3.05) is 0 Å². The molecule has 10 heavy (non-hydrogen) atoms. The molecule has 1 aliphatic rings. The Kier molecular flexibility index (Phi) is 2.09. The average molecular weight is 141 g/mol. The zero-order valence-electron chi connectivity index (χ0n) is 6.63. The summed E-state index contributed by atoms with van der Waals surface area (Å²) in [4.78, 5) is 11.2. The maximum atomic E-state index is 11.2. The third-order valence-corrected chi connectivity index (χ3v) is 2.03. The van der Waals surface area contributed by atoms with E-state index in [4.69, 9.17) is 5.73 Å². The molecule has 0 saturated heterocycles. The van der Waals surface area contributed by atoms with Gasteiger partial charge in [0, 0.05) is 5.92 Å². The van der Waals surface area contributed by atoms with Gasteiger partial charge in [-0.1, -0.05) is 13.8 Å². The zero-order valence-corrected chi connectivity index (χ0v) is 6.63. The average Bonchev–Trinajstić information content (AvgIpc) is 2.65. The molecule has 0 aromatic rings. The van der Waals surface area contributed by atoms with Crippen molar-refractivity contribution in [3.63, 3.8) is 0 Å². The van der Waals surface area contributed by atoms with Gasteiger partial charge in [-0.3, -0.25) is 4.79 Å². The van der Waals surface area contributed by atoms with E-state index in [0.29, 0.717) is 11.8 Å². The van der Waals surface area contributed by atoms with Gasteiger partial charge in [0.15, 0.2) is 5.78 Å². The van der Waals surface area contributed by atoms with Gasteiger partial charge in [0.1, 0.15) is 0 Å². The van der Waals surface area contributed by atoms with Crippen LogP contribution in [-0.2, 0) is 4.79 Å². The van der Waals surface area contributed by atoms with E-state index < -0.39 is 0 Å². The molecule has 0 bridgehead atoms. The number of nitrogens with two attached hydrogens (primary N) is 1. The Hall–Kier alpha value is -0.370. The van der Waals surface area contributed by atoms with Gasteiger partial charge in [-0.15, -0.1) is 0 Å². The SMILES string of the molecule is CC(C)C(N)C(=O)C1CC1. The molecule has 0 aromatic carbocycles. The van der Waals surface area contributed by atoms with Gasteiger partial charge in [0.25, 0.3) is 0 Å². The molecule has 0 spiro atoms. The summed E-state index contributed by atoms with van der Waals surface area (Å²) in [5, 5.41) is 0. The molecule has 2 heteroatoms. The first kappa shape index (κ1) is 7.73. The molecule has 0 heterocycles. The van der Waals surface area contributed by atoms with Crippen LogP contribution in [0, 0.1) is 11.8 Å². The number of carbonyl (C=O) groups excluding carboxylic acids is 1. The minimum absolute atomic E-state index is 0.215. The van der Waals surface area contributed by atoms with Crippen molar-refractivity contribution in [2.45, 2.75) is 32.7 Å². The van der Waals surface area contributed by atoms with Crippen molar-refractivity contribution in [2.24, 2.45) is 17.6 Å². The number of hydrogen-bond acceptors (Lipinski definition) is 2. The highest BCUT2D eigenvalue weighted by atomic mass is 16.1. The van der Waals surface area contributed by atoms with E-state index in [1.165, 1.54) is 0 Å². The fourth-order valence-corrected chi connectivity index (χ4v) is 0.969. The van der Waals surface area contributed by atoms with Crippen molar-refractivity contribution in [1.82, 2.24) is 0 Å². The third kappa shape index (κ3) is 1.57. The largest absolute Gasteiger partial charge is 0.321 e. The van der Waals surface area contributed by atoms with E-state index in [9.17, 15) is 4.79 Å². The minimum Gasteiger partial charge on any atom is -0.321 e. The summed E-state index contributed by atoms with van der Waals surface area (Å²) >= 11 is 0. The summed E-state index contributed by atoms with van der Waals surface area (Å²) in [5.41, 5.74) is 5.65. The molecule has 1 atom stereocenters. The third-order valence-electron chi connectivity index (χ3n) is 2.03. The molecule has 1 rings (SSSR count). The van der Waals surface area contributed by atoms with Gasteiger partial charge in [-0.2, -0.15) is 0 Å². The van der Waals surface area contributed by atoms with Crippen LogP contribution in [0.5, 0.6) is 0 Å². The summed E-state index contributed by atoms with van der Waals surface area (Å²) < 4.78 is 0. The summed E-state index contributed by atoms with van der Waals surface area (Å²) in [7, 11) is 0. The fraction of sp³-hybridized carbons (Fsp3) is 0.875. The lowest BCUT2D eigenvalue weighted by Gasteiger charge is -2.12. The Bertz CT molecular complexity index is 138. The molecule has 2 N–H and O–H groups in total. The van der Waals surface area contributed by atoms with E-state index in [-0.39, 0.29) is 11.8 Å². The summed E-state index contributed by atoms with van der Waals surface area (Å²) in [6, 6.07) is -0.215. The van der Waals surface area contributed by atoms with Crippen LogP contribution in [0.15, 0.2) is 0 Å². The number of carbonyl (C=O) groups is 1. The maximum Gasteiger partial charge on any atom is 0.152 e. The zero-order chi connectivity index (χ0) is 7.72. The topological polar surface area (TPSA) is 43.1 Å². The monoisotopic (exact) mass is 141 g/mol. The lowest BCUT2D eigenvalue weighted by atomic mass is 9.98. The molecule has 0 radical (unpaired) electrons. The molecule has 1 aliphatic carbocycles. The second-order valence-corrected chi connectivity index (χ2v) is 3.45. The first-order valence-corrected chi connectivity index (χ1v) is 3.92. The molecular weight excluding hydrogens is 126 g/mol. The van der Waals surface area contributed by atoms with E-state index in [1.54, 1.807) is 0 Å². The molecule has 58 valence electrons. The van der Waals surface area contributed by atoms with Crippen LogP contribution in [0.3, 0.4) is 0 Å². The molecular formula is C8H15NO. The molecule has 1 fully saturated rings. The van der Waals surface area contributed by atoms with Crippen molar-refractivity contribution in [3.05, 3.63) is 0 Å². The number of rotatable bonds is 3. The molecule has 0 amide bonds. The normalized spacial score (nSPS) is 21.2. The molecule has 0 aliphatic heterocycles. The van der Waals surface area contributed by atoms with Crippen molar-refractivity contribution in [3.8, 4) is 0 Å². The summed E-state index contributed by atoms with van der Waals surface area (Å²) in [6.07, 6.45) is 2.14. The van der Waals surface area contributed by atoms with Gasteiger partial charge in [-0.05, 0) is 18.8 Å². The first-order chi connectivity index (χ1) is 4.63. The minimum atomic E-state index is -0.215. The van der Waals surface area contributed by atoms with Crippen LogP contribution in [0.4, 0.5) is 0 Å². The Morgan fingerprint density at radius 1 is 1.50 bits per heavy atom. The molecule has 1 saturated carbocycles. The second-order valence-electron chi connectivity index (χ2n) is 3.45. The van der Waals surface area contributed by atoms with Gasteiger partial charge in [0.05, 0.1) is 6.04 Å². The second kappa shape index (κ2) is 2.70. The van der Waals surface area contributed by atoms with Crippen LogP contribution in [0.25, 0.3) is 0 Å². The summed E-state index contributed by atoms with van der Waals surface area (Å²) in [6.45, 7) is 3.98. The van der Waals surface area contributed by atoms with Crippen molar-refractivity contribution >= 4 is 5.78 Å². The van der Waals surface area contributed by atoms with Gasteiger partial charge in [-0.25, -0.2) is 0 Å². The Morgan fingerprint density at radius 2 is 2.00 bits per heavy atom. The Morgan fingerprint density at radius 3 is 2.30 bits per heavy atom. The molecule has 2 nitrogen and oxygen atoms in total. The Labute approximate surface area is 61.8 Å². The van der Waals surface area contributed by atoms with E-state index in [1.807, 2.05) is 13.8 Å². The van der Waals surface area contributed by atoms with Crippen LogP contribution >= 0.6 is 0 Å². The van der Waals surface area contributed by atoms with Crippen molar-refractivity contribution in [1.29, 1.82) is 0 Å². The van der Waals surface area contributed by atoms with E-state index in [0.717, 1.165) is 12.8 Å². The number of hydrogen-bond donors (Lipinski definition) is 1. The van der Waals surface area contributed by atoms with Crippen LogP contribution in [-0.4, -0.2) is 11.8 Å². The van der Waals surface area contributed by atoms with Crippen molar-refractivity contribution < 1.29 is 4.79 Å². The van der Waals surface area contributed by atoms with Crippen LogP contribution in [0.2, 0.25) is 0 Å². The van der Waals surface area contributed by atoms with E-state index in [2.05, 4.69) is 0 Å². The van der Waals surface area contributed by atoms with Crippen LogP contribution < -0.4 is 5.73 Å². The Balaban J connectivity index is 2.38. The van der Waals surface area contributed by atoms with E-state index >= 15 is 0 Å². The highest BCUT2D eigenvalue weighted by Gasteiger charge is 2.33. The quantitative estimate of drug-likeness (QED) is 0.636. The highest BCUT2D eigenvalue weighted by molar-refractivity contribution is 5.88. The van der Waals surface area contributed by atoms with Gasteiger partial charge in [0.2, 0.25) is 0 Å². The first-order valence-electron chi connectivity index (χ1n) is 3.92.